The molecule has 2 aliphatic rings. The molecule has 2 aliphatic carbocycles. The van der Waals surface area contributed by atoms with Crippen LogP contribution in [0.5, 0.6) is 0 Å². The van der Waals surface area contributed by atoms with Gasteiger partial charge < -0.3 is 9.84 Å². The number of carbonyl (C=O) groups is 1. The van der Waals surface area contributed by atoms with Crippen LogP contribution in [0.3, 0.4) is 0 Å². The molecule has 0 spiro atoms. The van der Waals surface area contributed by atoms with E-state index < -0.39 is 11.0 Å². The van der Waals surface area contributed by atoms with Crippen molar-refractivity contribution in [1.82, 2.24) is 0 Å². The van der Waals surface area contributed by atoms with Crippen molar-refractivity contribution in [1.29, 1.82) is 0 Å². The minimum Gasteiger partial charge on any atom is -0.458 e. The fourth-order valence-electron chi connectivity index (χ4n) is 6.38. The minimum absolute atomic E-state index is 0.191. The van der Waals surface area contributed by atoms with E-state index in [1.807, 2.05) is 74.5 Å². The van der Waals surface area contributed by atoms with Gasteiger partial charge in [-0.1, -0.05) is 80.1 Å². The van der Waals surface area contributed by atoms with E-state index in [2.05, 4.69) is 13.8 Å². The van der Waals surface area contributed by atoms with Gasteiger partial charge in [0.25, 0.3) is 0 Å². The minimum atomic E-state index is -1.26. The lowest BCUT2D eigenvalue weighted by Gasteiger charge is -2.53. The van der Waals surface area contributed by atoms with Gasteiger partial charge in [0, 0.05) is 11.5 Å². The lowest BCUT2D eigenvalue weighted by atomic mass is 9.54. The first-order chi connectivity index (χ1) is 14.2. The highest BCUT2D eigenvalue weighted by Gasteiger charge is 2.74. The summed E-state index contributed by atoms with van der Waals surface area (Å²) in [7, 11) is 0. The Morgan fingerprint density at radius 1 is 1.03 bits per heavy atom. The van der Waals surface area contributed by atoms with Crippen molar-refractivity contribution in [3.8, 4) is 0 Å². The molecule has 4 rings (SSSR count). The zero-order valence-electron chi connectivity index (χ0n) is 18.4. The summed E-state index contributed by atoms with van der Waals surface area (Å²) in [6.45, 7) is 8.28. The van der Waals surface area contributed by atoms with E-state index in [1.165, 1.54) is 0 Å². The molecule has 2 saturated carbocycles. The predicted octanol–water partition coefficient (Wildman–Crippen LogP) is 5.63. The monoisotopic (exact) mass is 404 g/mol. The lowest BCUT2D eigenvalue weighted by Crippen LogP contribution is -2.57. The van der Waals surface area contributed by atoms with E-state index in [1.54, 1.807) is 6.08 Å². The molecule has 0 aromatic heterocycles. The van der Waals surface area contributed by atoms with Crippen molar-refractivity contribution in [3.05, 3.63) is 83.4 Å². The lowest BCUT2D eigenvalue weighted by molar-refractivity contribution is -0.180. The van der Waals surface area contributed by atoms with Crippen LogP contribution in [0.1, 0.15) is 58.1 Å². The highest BCUT2D eigenvalue weighted by atomic mass is 16.5. The topological polar surface area (TPSA) is 46.5 Å². The smallest absolute Gasteiger partial charge is 0.330 e. The Balaban J connectivity index is 1.92. The van der Waals surface area contributed by atoms with Crippen LogP contribution >= 0.6 is 0 Å². The molecule has 30 heavy (non-hydrogen) atoms. The summed E-state index contributed by atoms with van der Waals surface area (Å²) in [4.78, 5) is 12.7. The van der Waals surface area contributed by atoms with E-state index in [4.69, 9.17) is 4.74 Å². The van der Waals surface area contributed by atoms with Crippen molar-refractivity contribution < 1.29 is 14.6 Å². The van der Waals surface area contributed by atoms with Crippen molar-refractivity contribution in [3.63, 3.8) is 0 Å². The van der Waals surface area contributed by atoms with Gasteiger partial charge in [-0.3, -0.25) is 0 Å². The molecule has 3 atom stereocenters. The molecule has 3 heteroatoms. The highest BCUT2D eigenvalue weighted by Crippen LogP contribution is 2.73. The summed E-state index contributed by atoms with van der Waals surface area (Å²) in [5.41, 5.74) is 0.560. The molecule has 158 valence electrons. The molecule has 1 N–H and O–H groups in total. The Labute approximate surface area is 179 Å². The molecule has 2 bridgehead atoms. The maximum atomic E-state index is 12.7. The first-order valence-corrected chi connectivity index (χ1v) is 10.9. The predicted molar refractivity (Wildman–Crippen MR) is 119 cm³/mol. The summed E-state index contributed by atoms with van der Waals surface area (Å²) in [6, 6.07) is 19.8. The second kappa shape index (κ2) is 7.39. The molecule has 2 aromatic carbocycles. The number of fused-ring (bicyclic) bond motifs is 2. The van der Waals surface area contributed by atoms with Crippen LogP contribution < -0.4 is 0 Å². The Kier molecular flexibility index (Phi) is 5.14. The largest absolute Gasteiger partial charge is 0.458 e. The van der Waals surface area contributed by atoms with Gasteiger partial charge in [0.2, 0.25) is 0 Å². The molecule has 2 fully saturated rings. The van der Waals surface area contributed by atoms with Gasteiger partial charge in [-0.05, 0) is 55.6 Å². The van der Waals surface area contributed by atoms with Crippen LogP contribution in [-0.2, 0) is 15.1 Å². The number of allylic oxidation sites excluding steroid dienone is 1. The Morgan fingerprint density at radius 2 is 1.57 bits per heavy atom. The molecule has 0 saturated heterocycles. The van der Waals surface area contributed by atoms with E-state index >= 15 is 0 Å². The SMILES string of the molecule is CC(C)=CC(=O)O[C@@H]1C[C@H]2CC[C@]1(C(O)(c1ccccc1)c1ccccc1)C2(C)C. The van der Waals surface area contributed by atoms with Crippen molar-refractivity contribution in [2.75, 3.05) is 0 Å². The molecule has 0 aliphatic heterocycles. The number of ether oxygens (including phenoxy) is 1. The van der Waals surface area contributed by atoms with Gasteiger partial charge in [-0.2, -0.15) is 0 Å². The number of benzene rings is 2. The molecular formula is C27H32O3. The maximum absolute atomic E-state index is 12.7. The summed E-state index contributed by atoms with van der Waals surface area (Å²) >= 11 is 0. The molecule has 2 aromatic rings. The third-order valence-corrected chi connectivity index (χ3v) is 7.80. The average molecular weight is 405 g/mol. The van der Waals surface area contributed by atoms with Crippen molar-refractivity contribution >= 4 is 5.97 Å². The van der Waals surface area contributed by atoms with E-state index in [-0.39, 0.29) is 17.5 Å². The molecule has 0 unspecified atom stereocenters. The summed E-state index contributed by atoms with van der Waals surface area (Å²) in [6.07, 6.45) is 3.84. The first kappa shape index (κ1) is 20.9. The van der Waals surface area contributed by atoms with Crippen LogP contribution in [0.25, 0.3) is 0 Å². The second-order valence-corrected chi connectivity index (χ2v) is 9.75. The number of hydrogen-bond donors (Lipinski definition) is 1. The number of carbonyl (C=O) groups excluding carboxylic acids is 1. The van der Waals surface area contributed by atoms with Crippen LogP contribution in [0.15, 0.2) is 72.3 Å². The van der Waals surface area contributed by atoms with Crippen LogP contribution in [-0.4, -0.2) is 17.2 Å². The standard InChI is InChI=1S/C27H32O3/c1-19(2)17-24(28)30-23-18-22-15-16-26(23,25(22,3)4)27(29,20-11-7-5-8-12-20)21-13-9-6-10-14-21/h5-14,17,22-23,29H,15-16,18H2,1-4H3/t22-,23-,26-/m1/s1. The Morgan fingerprint density at radius 3 is 2.03 bits per heavy atom. The first-order valence-electron chi connectivity index (χ1n) is 10.9. The van der Waals surface area contributed by atoms with Gasteiger partial charge in [0.15, 0.2) is 0 Å². The Hall–Kier alpha value is -2.39. The number of rotatable bonds is 5. The second-order valence-electron chi connectivity index (χ2n) is 9.75. The normalized spacial score (nSPS) is 27.0. The van der Waals surface area contributed by atoms with Gasteiger partial charge in [-0.25, -0.2) is 4.79 Å². The molecular weight excluding hydrogens is 372 g/mol. The fourth-order valence-corrected chi connectivity index (χ4v) is 6.38. The summed E-state index contributed by atoms with van der Waals surface area (Å²) in [5, 5.41) is 12.7. The summed E-state index contributed by atoms with van der Waals surface area (Å²) < 4.78 is 6.11. The van der Waals surface area contributed by atoms with Gasteiger partial charge in [-0.15, -0.1) is 0 Å². The molecule has 3 nitrogen and oxygen atoms in total. The molecule has 0 heterocycles. The summed E-state index contributed by atoms with van der Waals surface area (Å²) in [5.74, 6) is 0.0900. The quantitative estimate of drug-likeness (QED) is 0.519. The highest BCUT2D eigenvalue weighted by molar-refractivity contribution is 5.82. The van der Waals surface area contributed by atoms with Crippen LogP contribution in [0.4, 0.5) is 0 Å². The zero-order chi connectivity index (χ0) is 21.6. The van der Waals surface area contributed by atoms with Crippen molar-refractivity contribution in [2.24, 2.45) is 16.7 Å². The Bertz CT molecular complexity index is 901. The zero-order valence-corrected chi connectivity index (χ0v) is 18.4. The maximum Gasteiger partial charge on any atom is 0.330 e. The van der Waals surface area contributed by atoms with Gasteiger partial charge >= 0.3 is 5.97 Å². The molecule has 0 radical (unpaired) electrons. The number of hydrogen-bond acceptors (Lipinski definition) is 3. The van der Waals surface area contributed by atoms with Crippen LogP contribution in [0.2, 0.25) is 0 Å². The molecule has 0 amide bonds. The third-order valence-electron chi connectivity index (χ3n) is 7.80. The van der Waals surface area contributed by atoms with E-state index in [0.717, 1.165) is 36.0 Å². The third kappa shape index (κ3) is 2.86. The van der Waals surface area contributed by atoms with Gasteiger partial charge in [0.05, 0.1) is 0 Å². The van der Waals surface area contributed by atoms with E-state index in [0.29, 0.717) is 5.92 Å². The van der Waals surface area contributed by atoms with Crippen LogP contribution in [0, 0.1) is 16.7 Å². The number of aliphatic hydroxyl groups is 1. The van der Waals surface area contributed by atoms with Gasteiger partial charge in [0.1, 0.15) is 11.7 Å². The van der Waals surface area contributed by atoms with E-state index in [9.17, 15) is 9.90 Å². The fraction of sp³-hybridized carbons (Fsp3) is 0.444. The average Bonchev–Trinajstić information content (AvgIpc) is 3.11. The van der Waals surface area contributed by atoms with Crippen molar-refractivity contribution in [2.45, 2.75) is 58.7 Å². The number of esters is 1.